The predicted octanol–water partition coefficient (Wildman–Crippen LogP) is 3.67. The molecule has 0 saturated heterocycles. The van der Waals surface area contributed by atoms with Gasteiger partial charge in [0.1, 0.15) is 11.5 Å². The van der Waals surface area contributed by atoms with Crippen molar-refractivity contribution >= 4 is 19.6 Å². The first-order valence-corrected chi connectivity index (χ1v) is 9.74. The fourth-order valence-electron chi connectivity index (χ4n) is 2.56. The van der Waals surface area contributed by atoms with Crippen LogP contribution in [0.3, 0.4) is 0 Å². The second-order valence-electron chi connectivity index (χ2n) is 6.23. The summed E-state index contributed by atoms with van der Waals surface area (Å²) in [5, 5.41) is 0. The van der Waals surface area contributed by atoms with Crippen molar-refractivity contribution in [1.82, 2.24) is 0 Å². The molecule has 0 spiro atoms. The van der Waals surface area contributed by atoms with Crippen molar-refractivity contribution in [3.8, 4) is 11.5 Å². The van der Waals surface area contributed by atoms with Crippen molar-refractivity contribution in [2.24, 2.45) is 0 Å². The van der Waals surface area contributed by atoms with Crippen LogP contribution >= 0.6 is 0 Å². The molecule has 2 aromatic rings. The van der Waals surface area contributed by atoms with Crippen LogP contribution in [0.1, 0.15) is 37.8 Å². The normalized spacial score (nSPS) is 10.1. The van der Waals surface area contributed by atoms with Crippen LogP contribution in [0.25, 0.3) is 0 Å². The molecule has 0 aliphatic rings. The average molecular weight is 397 g/mol. The van der Waals surface area contributed by atoms with E-state index in [1.54, 1.807) is 13.8 Å². The van der Waals surface area contributed by atoms with Gasteiger partial charge in [-0.2, -0.15) is 0 Å². The third kappa shape index (κ3) is 8.72. The van der Waals surface area contributed by atoms with Crippen LogP contribution in [0.4, 0.5) is 0 Å². The Morgan fingerprint density at radius 2 is 1.07 bits per heavy atom. The lowest BCUT2D eigenvalue weighted by Gasteiger charge is -2.08. The molecule has 0 bridgehead atoms. The molecule has 6 nitrogen and oxygen atoms in total. The zero-order valence-corrected chi connectivity index (χ0v) is 16.9. The number of aryl methyl sites for hydroxylation is 2. The lowest BCUT2D eigenvalue weighted by molar-refractivity contribution is -0.144. The fourth-order valence-corrected chi connectivity index (χ4v) is 2.56. The van der Waals surface area contributed by atoms with Gasteiger partial charge in [-0.3, -0.25) is 9.59 Å². The first-order valence-electron chi connectivity index (χ1n) is 9.74. The summed E-state index contributed by atoms with van der Waals surface area (Å²) in [6.07, 6.45) is 1.97. The van der Waals surface area contributed by atoms with Crippen LogP contribution in [-0.2, 0) is 31.9 Å². The fraction of sp³-hybridized carbons (Fsp3) is 0.364. The van der Waals surface area contributed by atoms with Crippen molar-refractivity contribution in [1.29, 1.82) is 0 Å². The van der Waals surface area contributed by atoms with Gasteiger partial charge in [-0.1, -0.05) is 24.3 Å². The van der Waals surface area contributed by atoms with Gasteiger partial charge in [-0.15, -0.1) is 0 Å². The third-order valence-corrected chi connectivity index (χ3v) is 4.06. The molecule has 7 heteroatoms. The van der Waals surface area contributed by atoms with E-state index in [0.717, 1.165) is 11.1 Å². The Morgan fingerprint density at radius 3 is 1.41 bits per heavy atom. The summed E-state index contributed by atoms with van der Waals surface area (Å²) in [6, 6.07) is 14.9. The van der Waals surface area contributed by atoms with Crippen LogP contribution in [0, 0.1) is 0 Å². The highest BCUT2D eigenvalue weighted by atomic mass is 16.6. The summed E-state index contributed by atoms with van der Waals surface area (Å²) < 4.78 is 20.8. The lowest BCUT2D eigenvalue weighted by atomic mass is 10.1. The monoisotopic (exact) mass is 397 g/mol. The number of hydrogen-bond acceptors (Lipinski definition) is 6. The molecule has 0 saturated carbocycles. The standard InChI is InChI=1S/C22H26BO6/c1-3-26-21(24)15-9-17-5-11-19(12-6-17)28-23-29-20-13-7-18(8-14-20)10-16-22(25)27-4-2/h5-8,11-14H,3-4,9-10,15-16H2,1-2H3. The molecule has 2 aromatic carbocycles. The van der Waals surface area contributed by atoms with Gasteiger partial charge in [0.2, 0.25) is 0 Å². The van der Waals surface area contributed by atoms with Crippen LogP contribution < -0.4 is 9.31 Å². The molecular formula is C22H26BO6. The number of carbonyl (C=O) groups is 2. The molecule has 0 fully saturated rings. The summed E-state index contributed by atoms with van der Waals surface area (Å²) in [6.45, 7) is 4.39. The van der Waals surface area contributed by atoms with E-state index in [4.69, 9.17) is 18.8 Å². The van der Waals surface area contributed by atoms with Crippen molar-refractivity contribution in [2.45, 2.75) is 39.5 Å². The highest BCUT2D eigenvalue weighted by Crippen LogP contribution is 2.16. The van der Waals surface area contributed by atoms with E-state index in [-0.39, 0.29) is 11.9 Å². The first-order chi connectivity index (χ1) is 14.1. The maximum absolute atomic E-state index is 11.4. The van der Waals surface area contributed by atoms with E-state index < -0.39 is 0 Å². The van der Waals surface area contributed by atoms with Gasteiger partial charge in [0, 0.05) is 12.8 Å². The van der Waals surface area contributed by atoms with Gasteiger partial charge in [0.15, 0.2) is 0 Å². The molecule has 1 radical (unpaired) electrons. The molecule has 0 N–H and O–H groups in total. The maximum atomic E-state index is 11.4. The Labute approximate surface area is 172 Å². The Balaban J connectivity index is 1.70. The van der Waals surface area contributed by atoms with Gasteiger partial charge < -0.3 is 18.8 Å². The summed E-state index contributed by atoms with van der Waals surface area (Å²) in [5.74, 6) is 0.884. The number of benzene rings is 2. The second kappa shape index (κ2) is 12.5. The molecule has 0 aliphatic carbocycles. The number of rotatable bonds is 12. The molecule has 0 atom stereocenters. The van der Waals surface area contributed by atoms with Crippen LogP contribution in [0.5, 0.6) is 11.5 Å². The molecule has 0 heterocycles. The molecule has 0 aromatic heterocycles. The minimum absolute atomic E-state index is 0.193. The van der Waals surface area contributed by atoms with Gasteiger partial charge in [0.05, 0.1) is 13.2 Å². The lowest BCUT2D eigenvalue weighted by Crippen LogP contribution is -2.11. The molecule has 0 amide bonds. The van der Waals surface area contributed by atoms with Crippen molar-refractivity contribution in [3.63, 3.8) is 0 Å². The Morgan fingerprint density at radius 1 is 0.690 bits per heavy atom. The molecule has 29 heavy (non-hydrogen) atoms. The number of esters is 2. The SMILES string of the molecule is CCOC(=O)CCc1ccc(O[B]Oc2ccc(CCC(=O)OCC)cc2)cc1. The largest absolute Gasteiger partial charge is 0.658 e. The number of hydrogen-bond donors (Lipinski definition) is 0. The molecule has 0 unspecified atom stereocenters. The molecule has 153 valence electrons. The minimum Gasteiger partial charge on any atom is -0.526 e. The van der Waals surface area contributed by atoms with Crippen LogP contribution in [-0.4, -0.2) is 32.8 Å². The Hall–Kier alpha value is -2.96. The van der Waals surface area contributed by atoms with Crippen LogP contribution in [0.15, 0.2) is 48.5 Å². The van der Waals surface area contributed by atoms with Gasteiger partial charge >= 0.3 is 19.6 Å². The zero-order chi connectivity index (χ0) is 20.9. The Kier molecular flexibility index (Phi) is 9.62. The Bertz CT molecular complexity index is 692. The topological polar surface area (TPSA) is 71.1 Å². The van der Waals surface area contributed by atoms with Crippen molar-refractivity contribution in [3.05, 3.63) is 59.7 Å². The van der Waals surface area contributed by atoms with E-state index in [1.807, 2.05) is 48.5 Å². The third-order valence-electron chi connectivity index (χ3n) is 4.06. The summed E-state index contributed by atoms with van der Waals surface area (Å²) in [7, 11) is 1.27. The van der Waals surface area contributed by atoms with Crippen LogP contribution in [0.2, 0.25) is 0 Å². The van der Waals surface area contributed by atoms with Gasteiger partial charge in [0.25, 0.3) is 0 Å². The number of carbonyl (C=O) groups excluding carboxylic acids is 2. The minimum atomic E-state index is -0.193. The van der Waals surface area contributed by atoms with Gasteiger partial charge in [-0.25, -0.2) is 0 Å². The molecule has 2 rings (SSSR count). The summed E-state index contributed by atoms with van der Waals surface area (Å²) >= 11 is 0. The molecular weight excluding hydrogens is 371 g/mol. The summed E-state index contributed by atoms with van der Waals surface area (Å²) in [5.41, 5.74) is 2.06. The smallest absolute Gasteiger partial charge is 0.526 e. The highest BCUT2D eigenvalue weighted by Gasteiger charge is 2.06. The predicted molar refractivity (Wildman–Crippen MR) is 110 cm³/mol. The zero-order valence-electron chi connectivity index (χ0n) is 16.9. The highest BCUT2D eigenvalue weighted by molar-refractivity contribution is 6.20. The van der Waals surface area contributed by atoms with Gasteiger partial charge in [-0.05, 0) is 62.1 Å². The number of ether oxygens (including phenoxy) is 2. The molecule has 0 aliphatic heterocycles. The van der Waals surface area contributed by atoms with E-state index >= 15 is 0 Å². The van der Waals surface area contributed by atoms with Crippen molar-refractivity contribution < 1.29 is 28.4 Å². The quantitative estimate of drug-likeness (QED) is 0.402. The maximum Gasteiger partial charge on any atom is 0.658 e. The second-order valence-corrected chi connectivity index (χ2v) is 6.23. The van der Waals surface area contributed by atoms with E-state index in [2.05, 4.69) is 0 Å². The summed E-state index contributed by atoms with van der Waals surface area (Å²) in [4.78, 5) is 22.8. The van der Waals surface area contributed by atoms with E-state index in [9.17, 15) is 9.59 Å². The van der Waals surface area contributed by atoms with E-state index in [1.165, 1.54) is 7.69 Å². The van der Waals surface area contributed by atoms with E-state index in [0.29, 0.717) is 50.4 Å². The first kappa shape index (κ1) is 22.3. The average Bonchev–Trinajstić information content (AvgIpc) is 2.73. The van der Waals surface area contributed by atoms with Crippen molar-refractivity contribution in [2.75, 3.05) is 13.2 Å².